The van der Waals surface area contributed by atoms with Gasteiger partial charge in [0.05, 0.1) is 5.92 Å². The van der Waals surface area contributed by atoms with Gasteiger partial charge < -0.3 is 10.3 Å². The van der Waals surface area contributed by atoms with E-state index in [0.29, 0.717) is 6.04 Å². The predicted octanol–water partition coefficient (Wildman–Crippen LogP) is 4.52. The second-order valence-electron chi connectivity index (χ2n) is 8.72. The molecule has 4 heteroatoms. The third kappa shape index (κ3) is 3.35. The molecule has 3 aromatic rings. The summed E-state index contributed by atoms with van der Waals surface area (Å²) in [5, 5.41) is 4.52. The van der Waals surface area contributed by atoms with Crippen LogP contribution in [0.15, 0.2) is 60.8 Å². The Morgan fingerprint density at radius 1 is 1.20 bits per heavy atom. The Morgan fingerprint density at radius 3 is 2.83 bits per heavy atom. The molecule has 4 nitrogen and oxygen atoms in total. The Morgan fingerprint density at radius 2 is 2.03 bits per heavy atom. The van der Waals surface area contributed by atoms with Crippen molar-refractivity contribution in [2.75, 3.05) is 6.54 Å². The maximum atomic E-state index is 13.1. The standard InChI is InChI=1S/C26H29N3O/c1-3-17(2)28-26(30)20-12-22-21-10-7-11-23-25(21)19(14-27-23)13-24(22)29(16-20)15-18-8-5-4-6-9-18/h4-12,14,17,20,24,27H,3,13,15-16H2,1-2H3,(H,28,30)/t17-,20-,24-/m1/s1. The highest BCUT2D eigenvalue weighted by Gasteiger charge is 2.37. The minimum atomic E-state index is -0.135. The van der Waals surface area contributed by atoms with E-state index in [1.165, 1.54) is 33.2 Å². The number of benzene rings is 2. The van der Waals surface area contributed by atoms with Crippen molar-refractivity contribution in [1.82, 2.24) is 15.2 Å². The fourth-order valence-electron chi connectivity index (χ4n) is 4.93. The molecule has 3 atom stereocenters. The van der Waals surface area contributed by atoms with Gasteiger partial charge in [-0.3, -0.25) is 9.69 Å². The highest BCUT2D eigenvalue weighted by molar-refractivity contribution is 5.99. The van der Waals surface area contributed by atoms with Crippen molar-refractivity contribution in [2.45, 2.75) is 45.3 Å². The van der Waals surface area contributed by atoms with Gasteiger partial charge in [-0.15, -0.1) is 0 Å². The number of H-pyrrole nitrogens is 1. The van der Waals surface area contributed by atoms with E-state index in [1.54, 1.807) is 0 Å². The summed E-state index contributed by atoms with van der Waals surface area (Å²) in [6.07, 6.45) is 6.33. The van der Waals surface area contributed by atoms with E-state index >= 15 is 0 Å². The normalized spacial score (nSPS) is 21.7. The molecule has 0 saturated heterocycles. The average Bonchev–Trinajstić information content (AvgIpc) is 3.19. The zero-order valence-electron chi connectivity index (χ0n) is 17.7. The summed E-state index contributed by atoms with van der Waals surface area (Å²) in [5.41, 5.74) is 6.43. The molecule has 1 aliphatic carbocycles. The lowest BCUT2D eigenvalue weighted by Gasteiger charge is -2.41. The summed E-state index contributed by atoms with van der Waals surface area (Å²) in [4.78, 5) is 19.0. The molecule has 0 saturated carbocycles. The first-order valence-electron chi connectivity index (χ1n) is 11.0. The SMILES string of the molecule is CC[C@@H](C)NC(=O)[C@@H]1C=C2c3cccc4[nH]cc(c34)C[C@H]2N(Cc2ccccc2)C1. The van der Waals surface area contributed by atoms with Crippen LogP contribution in [0.5, 0.6) is 0 Å². The first-order valence-corrected chi connectivity index (χ1v) is 11.0. The van der Waals surface area contributed by atoms with E-state index in [2.05, 4.69) is 89.9 Å². The molecule has 2 N–H and O–H groups in total. The molecule has 2 heterocycles. The maximum absolute atomic E-state index is 13.1. The summed E-state index contributed by atoms with van der Waals surface area (Å²) < 4.78 is 0. The van der Waals surface area contributed by atoms with Crippen molar-refractivity contribution in [3.63, 3.8) is 0 Å². The summed E-state index contributed by atoms with van der Waals surface area (Å²) in [5.74, 6) is 0.00473. The van der Waals surface area contributed by atoms with Crippen LogP contribution >= 0.6 is 0 Å². The van der Waals surface area contributed by atoms with Gasteiger partial charge in [0, 0.05) is 42.3 Å². The van der Waals surface area contributed by atoms with Crippen LogP contribution in [0.25, 0.3) is 16.5 Å². The van der Waals surface area contributed by atoms with Crippen molar-refractivity contribution in [2.24, 2.45) is 5.92 Å². The average molecular weight is 400 g/mol. The van der Waals surface area contributed by atoms with E-state index in [-0.39, 0.29) is 17.9 Å². The lowest BCUT2D eigenvalue weighted by molar-refractivity contribution is -0.125. The molecule has 30 heavy (non-hydrogen) atoms. The Hall–Kier alpha value is -2.85. The van der Waals surface area contributed by atoms with Gasteiger partial charge in [-0.2, -0.15) is 0 Å². The largest absolute Gasteiger partial charge is 0.361 e. The van der Waals surface area contributed by atoms with Gasteiger partial charge in [-0.05, 0) is 48.1 Å². The third-order valence-electron chi connectivity index (χ3n) is 6.69. The molecule has 154 valence electrons. The van der Waals surface area contributed by atoms with Crippen LogP contribution in [0.4, 0.5) is 0 Å². The first-order chi connectivity index (χ1) is 14.6. The van der Waals surface area contributed by atoms with Gasteiger partial charge in [0.15, 0.2) is 0 Å². The van der Waals surface area contributed by atoms with Gasteiger partial charge in [-0.25, -0.2) is 0 Å². The smallest absolute Gasteiger partial charge is 0.228 e. The zero-order chi connectivity index (χ0) is 20.7. The first kappa shape index (κ1) is 19.1. The minimum absolute atomic E-state index is 0.135. The molecule has 0 spiro atoms. The number of nitrogens with zero attached hydrogens (tertiary/aromatic N) is 1. The zero-order valence-corrected chi connectivity index (χ0v) is 17.7. The fourth-order valence-corrected chi connectivity index (χ4v) is 4.93. The van der Waals surface area contributed by atoms with E-state index in [4.69, 9.17) is 0 Å². The van der Waals surface area contributed by atoms with Gasteiger partial charge in [0.25, 0.3) is 0 Å². The molecule has 2 aliphatic rings. The second-order valence-corrected chi connectivity index (χ2v) is 8.72. The van der Waals surface area contributed by atoms with Crippen molar-refractivity contribution in [1.29, 1.82) is 0 Å². The molecule has 1 aromatic heterocycles. The van der Waals surface area contributed by atoms with Gasteiger partial charge >= 0.3 is 0 Å². The molecule has 0 unspecified atom stereocenters. The maximum Gasteiger partial charge on any atom is 0.228 e. The predicted molar refractivity (Wildman–Crippen MR) is 122 cm³/mol. The Kier molecular flexibility index (Phi) is 4.95. The number of carbonyl (C=O) groups is 1. The van der Waals surface area contributed by atoms with E-state index in [0.717, 1.165) is 25.9 Å². The molecule has 1 aliphatic heterocycles. The number of fused-ring (bicyclic) bond motifs is 2. The molecule has 0 radical (unpaired) electrons. The van der Waals surface area contributed by atoms with Crippen LogP contribution in [0.1, 0.15) is 37.0 Å². The van der Waals surface area contributed by atoms with Crippen LogP contribution in [0, 0.1) is 5.92 Å². The molecule has 0 fully saturated rings. The van der Waals surface area contributed by atoms with Crippen LogP contribution in [0.2, 0.25) is 0 Å². The summed E-state index contributed by atoms with van der Waals surface area (Å²) >= 11 is 0. The second kappa shape index (κ2) is 7.77. The number of carbonyl (C=O) groups excluding carboxylic acids is 1. The van der Waals surface area contributed by atoms with Gasteiger partial charge in [0.2, 0.25) is 5.91 Å². The van der Waals surface area contributed by atoms with Gasteiger partial charge in [0.1, 0.15) is 0 Å². The Labute approximate surface area is 178 Å². The number of nitrogens with one attached hydrogen (secondary N) is 2. The number of hydrogen-bond acceptors (Lipinski definition) is 2. The Bertz CT molecular complexity index is 1100. The van der Waals surface area contributed by atoms with Crippen LogP contribution in [-0.4, -0.2) is 34.4 Å². The molecule has 5 rings (SSSR count). The van der Waals surface area contributed by atoms with E-state index in [9.17, 15) is 4.79 Å². The molecule has 0 bridgehead atoms. The van der Waals surface area contributed by atoms with Crippen LogP contribution in [-0.2, 0) is 17.8 Å². The van der Waals surface area contributed by atoms with E-state index < -0.39 is 0 Å². The summed E-state index contributed by atoms with van der Waals surface area (Å²) in [7, 11) is 0. The number of amides is 1. The molecular formula is C26H29N3O. The Balaban J connectivity index is 1.55. The lowest BCUT2D eigenvalue weighted by atomic mass is 9.79. The number of hydrogen-bond donors (Lipinski definition) is 2. The minimum Gasteiger partial charge on any atom is -0.361 e. The highest BCUT2D eigenvalue weighted by atomic mass is 16.2. The quantitative estimate of drug-likeness (QED) is 0.663. The number of aromatic amines is 1. The van der Waals surface area contributed by atoms with Crippen molar-refractivity contribution in [3.05, 3.63) is 77.5 Å². The third-order valence-corrected chi connectivity index (χ3v) is 6.69. The monoisotopic (exact) mass is 399 g/mol. The van der Waals surface area contributed by atoms with Gasteiger partial charge in [-0.1, -0.05) is 55.5 Å². The summed E-state index contributed by atoms with van der Waals surface area (Å²) in [6.45, 7) is 5.79. The van der Waals surface area contributed by atoms with E-state index in [1.807, 2.05) is 0 Å². The van der Waals surface area contributed by atoms with Crippen LogP contribution in [0.3, 0.4) is 0 Å². The topological polar surface area (TPSA) is 48.1 Å². The number of rotatable bonds is 5. The molecule has 2 aromatic carbocycles. The molecular weight excluding hydrogens is 370 g/mol. The highest BCUT2D eigenvalue weighted by Crippen LogP contribution is 2.41. The molecule has 1 amide bonds. The van der Waals surface area contributed by atoms with Crippen molar-refractivity contribution < 1.29 is 4.79 Å². The van der Waals surface area contributed by atoms with Crippen molar-refractivity contribution in [3.8, 4) is 0 Å². The number of aromatic nitrogens is 1. The fraction of sp³-hybridized carbons (Fsp3) is 0.346. The van der Waals surface area contributed by atoms with Crippen LogP contribution < -0.4 is 5.32 Å². The summed E-state index contributed by atoms with van der Waals surface area (Å²) in [6, 6.07) is 17.6. The lowest BCUT2D eigenvalue weighted by Crippen LogP contribution is -2.49. The van der Waals surface area contributed by atoms with Crippen molar-refractivity contribution >= 4 is 22.4 Å².